The van der Waals surface area contributed by atoms with E-state index in [9.17, 15) is 14.4 Å². The third-order valence-corrected chi connectivity index (χ3v) is 6.16. The molecule has 4 rings (SSSR count). The van der Waals surface area contributed by atoms with Gasteiger partial charge in [0.2, 0.25) is 11.8 Å². The Balaban J connectivity index is 1.70. The fraction of sp³-hybridized carbons (Fsp3) is 0.321. The Kier molecular flexibility index (Phi) is 8.58. The van der Waals surface area contributed by atoms with Crippen LogP contribution in [0.1, 0.15) is 40.6 Å². The Hall–Kier alpha value is -4.11. The summed E-state index contributed by atoms with van der Waals surface area (Å²) in [6.07, 6.45) is 3.13. The molecule has 3 amide bonds. The molecular formula is C28H31N3O6. The van der Waals surface area contributed by atoms with Crippen molar-refractivity contribution in [2.75, 3.05) is 31.7 Å². The number of nitrogens with one attached hydrogen (secondary N) is 2. The number of carbonyl (C=O) groups excluding carboxylic acids is 3. The van der Waals surface area contributed by atoms with Gasteiger partial charge in [0.25, 0.3) is 5.91 Å². The van der Waals surface area contributed by atoms with Gasteiger partial charge in [-0.1, -0.05) is 36.4 Å². The average molecular weight is 506 g/mol. The molecule has 3 aromatic rings. The van der Waals surface area contributed by atoms with Crippen molar-refractivity contribution in [3.8, 4) is 5.75 Å². The molecule has 1 aromatic heterocycles. The number of benzene rings is 2. The molecule has 9 heteroatoms. The number of furan rings is 1. The molecule has 0 radical (unpaired) electrons. The van der Waals surface area contributed by atoms with Crippen molar-refractivity contribution in [1.82, 2.24) is 10.6 Å². The van der Waals surface area contributed by atoms with Crippen molar-refractivity contribution in [3.63, 3.8) is 0 Å². The van der Waals surface area contributed by atoms with E-state index in [0.717, 1.165) is 18.4 Å². The molecule has 1 aliphatic heterocycles. The van der Waals surface area contributed by atoms with E-state index in [1.54, 1.807) is 30.3 Å². The van der Waals surface area contributed by atoms with Gasteiger partial charge in [-0.15, -0.1) is 0 Å². The summed E-state index contributed by atoms with van der Waals surface area (Å²) in [5, 5.41) is 5.56. The van der Waals surface area contributed by atoms with Gasteiger partial charge in [-0.3, -0.25) is 19.3 Å². The van der Waals surface area contributed by atoms with Crippen LogP contribution in [0.3, 0.4) is 0 Å². The molecule has 0 unspecified atom stereocenters. The van der Waals surface area contributed by atoms with E-state index in [1.165, 1.54) is 24.3 Å². The van der Waals surface area contributed by atoms with Crippen LogP contribution < -0.4 is 20.3 Å². The van der Waals surface area contributed by atoms with Crippen molar-refractivity contribution in [3.05, 3.63) is 83.8 Å². The van der Waals surface area contributed by atoms with Gasteiger partial charge in [0.1, 0.15) is 11.8 Å². The maximum atomic E-state index is 13.8. The van der Waals surface area contributed by atoms with Gasteiger partial charge < -0.3 is 24.5 Å². The first-order valence-corrected chi connectivity index (χ1v) is 12.2. The van der Waals surface area contributed by atoms with Crippen LogP contribution >= 0.6 is 0 Å². The Morgan fingerprint density at radius 1 is 1.08 bits per heavy atom. The smallest absolute Gasteiger partial charge is 0.287 e. The number of ether oxygens (including phenoxy) is 2. The molecule has 0 spiro atoms. The molecule has 2 N–H and O–H groups in total. The number of amides is 3. The maximum absolute atomic E-state index is 13.8. The van der Waals surface area contributed by atoms with E-state index in [-0.39, 0.29) is 24.3 Å². The number of hydrogen-bond acceptors (Lipinski definition) is 6. The monoisotopic (exact) mass is 505 g/mol. The normalized spacial score (nSPS) is 15.6. The van der Waals surface area contributed by atoms with E-state index < -0.39 is 17.9 Å². The average Bonchev–Trinajstić information content (AvgIpc) is 3.64. The molecule has 2 heterocycles. The lowest BCUT2D eigenvalue weighted by atomic mass is 10.0. The molecule has 2 atom stereocenters. The third kappa shape index (κ3) is 6.37. The summed E-state index contributed by atoms with van der Waals surface area (Å²) in [6, 6.07) is 16.5. The summed E-state index contributed by atoms with van der Waals surface area (Å²) in [4.78, 5) is 41.4. The maximum Gasteiger partial charge on any atom is 0.287 e. The molecule has 0 saturated carbocycles. The van der Waals surface area contributed by atoms with Crippen molar-refractivity contribution in [1.29, 1.82) is 0 Å². The number of anilines is 1. The lowest BCUT2D eigenvalue weighted by Gasteiger charge is -2.33. The highest BCUT2D eigenvalue weighted by atomic mass is 16.5. The predicted octanol–water partition coefficient (Wildman–Crippen LogP) is 3.40. The number of nitrogens with zero attached hydrogens (tertiary/aromatic N) is 1. The van der Waals surface area contributed by atoms with Gasteiger partial charge in [0, 0.05) is 13.2 Å². The number of rotatable bonds is 10. The second kappa shape index (κ2) is 12.2. The Morgan fingerprint density at radius 3 is 2.57 bits per heavy atom. The van der Waals surface area contributed by atoms with E-state index in [1.807, 2.05) is 31.2 Å². The number of aryl methyl sites for hydroxylation is 1. The largest absolute Gasteiger partial charge is 0.495 e. The SMILES string of the molecule is COc1ccc(C)cc1N(C(=O)CNC(=O)c1ccco1)[C@H](C(=O)NC[C@H]1CCCO1)c1ccccc1. The molecular weight excluding hydrogens is 474 g/mol. The standard InChI is InChI=1S/C28H31N3O6/c1-19-12-13-23(35-2)22(16-19)31(25(32)18-30-27(33)24-11-7-15-37-24)26(20-8-4-3-5-9-20)28(34)29-17-21-10-6-14-36-21/h3-5,7-9,11-13,15-16,21,26H,6,10,14,17-18H2,1-2H3,(H,29,34)(H,30,33)/t21-,26+/m1/s1. The Morgan fingerprint density at radius 2 is 1.89 bits per heavy atom. The highest BCUT2D eigenvalue weighted by Crippen LogP contribution is 2.36. The number of hydrogen-bond donors (Lipinski definition) is 2. The van der Waals surface area contributed by atoms with Gasteiger partial charge in [-0.05, 0) is 55.2 Å². The topological polar surface area (TPSA) is 110 Å². The Bertz CT molecular complexity index is 1210. The van der Waals surface area contributed by atoms with Crippen molar-refractivity contribution < 1.29 is 28.3 Å². The second-order valence-electron chi connectivity index (χ2n) is 8.79. The minimum Gasteiger partial charge on any atom is -0.495 e. The molecule has 0 aliphatic carbocycles. The summed E-state index contributed by atoms with van der Waals surface area (Å²) in [7, 11) is 1.50. The highest BCUT2D eigenvalue weighted by Gasteiger charge is 2.35. The first kappa shape index (κ1) is 26.0. The molecule has 1 saturated heterocycles. The minimum absolute atomic E-state index is 0.0642. The van der Waals surface area contributed by atoms with E-state index in [2.05, 4.69) is 10.6 Å². The summed E-state index contributed by atoms with van der Waals surface area (Å²) in [5.74, 6) is -0.889. The van der Waals surface area contributed by atoms with Crippen LogP contribution in [0.15, 0.2) is 71.3 Å². The fourth-order valence-electron chi connectivity index (χ4n) is 4.31. The molecule has 9 nitrogen and oxygen atoms in total. The molecule has 0 bridgehead atoms. The van der Waals surface area contributed by atoms with Crippen LogP contribution in [0.25, 0.3) is 0 Å². The van der Waals surface area contributed by atoms with Crippen LogP contribution in [0, 0.1) is 6.92 Å². The number of methoxy groups -OCH3 is 1. The highest BCUT2D eigenvalue weighted by molar-refractivity contribution is 6.05. The van der Waals surface area contributed by atoms with E-state index in [4.69, 9.17) is 13.9 Å². The zero-order valence-electron chi connectivity index (χ0n) is 20.9. The summed E-state index contributed by atoms with van der Waals surface area (Å²) < 4.78 is 16.4. The van der Waals surface area contributed by atoms with Gasteiger partial charge in [-0.25, -0.2) is 0 Å². The molecule has 194 valence electrons. The summed E-state index contributed by atoms with van der Waals surface area (Å²) >= 11 is 0. The minimum atomic E-state index is -1.02. The molecule has 1 aliphatic rings. The van der Waals surface area contributed by atoms with Gasteiger partial charge >= 0.3 is 0 Å². The lowest BCUT2D eigenvalue weighted by Crippen LogP contribution is -2.48. The van der Waals surface area contributed by atoms with Crippen LogP contribution in [0.5, 0.6) is 5.75 Å². The zero-order chi connectivity index (χ0) is 26.2. The van der Waals surface area contributed by atoms with Gasteiger partial charge in [-0.2, -0.15) is 0 Å². The fourth-order valence-corrected chi connectivity index (χ4v) is 4.31. The van der Waals surface area contributed by atoms with Crippen molar-refractivity contribution in [2.45, 2.75) is 31.9 Å². The third-order valence-electron chi connectivity index (χ3n) is 6.16. The quantitative estimate of drug-likeness (QED) is 0.437. The van der Waals surface area contributed by atoms with Crippen molar-refractivity contribution >= 4 is 23.4 Å². The van der Waals surface area contributed by atoms with Gasteiger partial charge in [0.05, 0.1) is 31.7 Å². The molecule has 37 heavy (non-hydrogen) atoms. The van der Waals surface area contributed by atoms with Crippen molar-refractivity contribution in [2.24, 2.45) is 0 Å². The summed E-state index contributed by atoms with van der Waals surface area (Å²) in [6.45, 7) is 2.53. The van der Waals surface area contributed by atoms with E-state index >= 15 is 0 Å². The van der Waals surface area contributed by atoms with Crippen LogP contribution in [-0.4, -0.2) is 50.6 Å². The van der Waals surface area contributed by atoms with E-state index in [0.29, 0.717) is 30.2 Å². The Labute approximate surface area is 215 Å². The first-order chi connectivity index (χ1) is 18.0. The predicted molar refractivity (Wildman–Crippen MR) is 137 cm³/mol. The first-order valence-electron chi connectivity index (χ1n) is 12.2. The molecule has 2 aromatic carbocycles. The van der Waals surface area contributed by atoms with Gasteiger partial charge in [0.15, 0.2) is 5.76 Å². The lowest BCUT2D eigenvalue weighted by molar-refractivity contribution is -0.126. The zero-order valence-corrected chi connectivity index (χ0v) is 20.9. The second-order valence-corrected chi connectivity index (χ2v) is 8.79. The number of carbonyl (C=O) groups is 3. The van der Waals surface area contributed by atoms with Crippen LogP contribution in [-0.2, 0) is 14.3 Å². The molecule has 1 fully saturated rings. The van der Waals surface area contributed by atoms with Crippen LogP contribution in [0.2, 0.25) is 0 Å². The van der Waals surface area contributed by atoms with Crippen LogP contribution in [0.4, 0.5) is 5.69 Å². The summed E-state index contributed by atoms with van der Waals surface area (Å²) in [5.41, 5.74) is 1.90.